The van der Waals surface area contributed by atoms with Gasteiger partial charge < -0.3 is 9.88 Å². The van der Waals surface area contributed by atoms with Crippen LogP contribution in [0.25, 0.3) is 32.9 Å². The summed E-state index contributed by atoms with van der Waals surface area (Å²) in [6, 6.07) is 43.7. The van der Waals surface area contributed by atoms with E-state index in [0.717, 1.165) is 5.69 Å². The highest BCUT2D eigenvalue weighted by Gasteiger charge is 2.20. The number of hydrogen-bond acceptors (Lipinski definition) is 1. The average Bonchev–Trinajstić information content (AvgIpc) is 3.32. The molecule has 6 aromatic rings. The Labute approximate surface area is 219 Å². The lowest BCUT2D eigenvalue weighted by atomic mass is 9.88. The topological polar surface area (TPSA) is 19.0 Å². The molecule has 2 nitrogen and oxygen atoms in total. The molecule has 1 heterocycles. The first-order chi connectivity index (χ1) is 18.1. The Kier molecular flexibility index (Phi) is 6.02. The molecule has 1 aromatic heterocycles. The highest BCUT2D eigenvalue weighted by Crippen LogP contribution is 2.41. The van der Waals surface area contributed by atoms with E-state index in [1.165, 1.54) is 49.9 Å². The van der Waals surface area contributed by atoms with Gasteiger partial charge in [-0.2, -0.15) is 0 Å². The minimum absolute atomic E-state index is 0.449. The van der Waals surface area contributed by atoms with E-state index in [0.29, 0.717) is 11.8 Å². The van der Waals surface area contributed by atoms with Crippen LogP contribution in [0.5, 0.6) is 0 Å². The molecule has 0 bridgehead atoms. The second-order valence-corrected chi connectivity index (χ2v) is 10.2. The molecular formula is C35H32N2. The van der Waals surface area contributed by atoms with Crippen molar-refractivity contribution < 1.29 is 0 Å². The van der Waals surface area contributed by atoms with E-state index in [-0.39, 0.29) is 0 Å². The number of hydrogen-bond donors (Lipinski definition) is 1. The molecule has 6 rings (SSSR count). The Morgan fingerprint density at radius 1 is 0.541 bits per heavy atom. The summed E-state index contributed by atoms with van der Waals surface area (Å²) in [6.45, 7) is 6.93. The lowest BCUT2D eigenvalue weighted by Crippen LogP contribution is -2.14. The molecule has 1 unspecified atom stereocenters. The van der Waals surface area contributed by atoms with Crippen molar-refractivity contribution in [3.63, 3.8) is 0 Å². The third kappa shape index (κ3) is 4.29. The molecule has 0 amide bonds. The normalized spacial score (nSPS) is 12.3. The van der Waals surface area contributed by atoms with Crippen LogP contribution in [-0.2, 0) is 0 Å². The molecule has 0 radical (unpaired) electrons. The molecule has 37 heavy (non-hydrogen) atoms. The minimum atomic E-state index is 0.449. The standard InChI is InChI=1S/C35H32N2/c1-24(2)25(3)30-13-8-10-16-35(30)37(28-11-5-4-6-12-28)29-20-17-26(18-21-29)27-19-22-34-32(23-27)31-14-7-9-15-33(31)36-34/h4-25,36H,1-3H3. The predicted molar refractivity (Wildman–Crippen MR) is 159 cm³/mol. The molecule has 0 aliphatic carbocycles. The Balaban J connectivity index is 1.43. The van der Waals surface area contributed by atoms with Crippen molar-refractivity contribution in [1.29, 1.82) is 0 Å². The van der Waals surface area contributed by atoms with Crippen molar-refractivity contribution in [2.24, 2.45) is 5.92 Å². The van der Waals surface area contributed by atoms with E-state index in [4.69, 9.17) is 0 Å². The van der Waals surface area contributed by atoms with Crippen molar-refractivity contribution in [3.05, 3.63) is 127 Å². The zero-order valence-electron chi connectivity index (χ0n) is 21.6. The second kappa shape index (κ2) is 9.63. The number of H-pyrrole nitrogens is 1. The summed E-state index contributed by atoms with van der Waals surface area (Å²) in [6.07, 6.45) is 0. The summed E-state index contributed by atoms with van der Waals surface area (Å²) in [4.78, 5) is 5.92. The molecular weight excluding hydrogens is 448 g/mol. The van der Waals surface area contributed by atoms with Gasteiger partial charge in [0.15, 0.2) is 0 Å². The van der Waals surface area contributed by atoms with Crippen LogP contribution in [0.3, 0.4) is 0 Å². The minimum Gasteiger partial charge on any atom is -0.355 e. The van der Waals surface area contributed by atoms with E-state index < -0.39 is 0 Å². The van der Waals surface area contributed by atoms with Crippen LogP contribution in [0.2, 0.25) is 0 Å². The van der Waals surface area contributed by atoms with Gasteiger partial charge >= 0.3 is 0 Å². The summed E-state index contributed by atoms with van der Waals surface area (Å²) < 4.78 is 0. The molecule has 0 aliphatic rings. The van der Waals surface area contributed by atoms with Crippen LogP contribution >= 0.6 is 0 Å². The molecule has 0 aliphatic heterocycles. The predicted octanol–water partition coefficient (Wildman–Crippen LogP) is 10.2. The summed E-state index contributed by atoms with van der Waals surface area (Å²) in [5, 5.41) is 2.53. The summed E-state index contributed by atoms with van der Waals surface area (Å²) >= 11 is 0. The maximum Gasteiger partial charge on any atom is 0.0496 e. The van der Waals surface area contributed by atoms with Gasteiger partial charge in [0.2, 0.25) is 0 Å². The van der Waals surface area contributed by atoms with Gasteiger partial charge in [-0.3, -0.25) is 0 Å². The van der Waals surface area contributed by atoms with Crippen LogP contribution in [-0.4, -0.2) is 4.98 Å². The molecule has 0 fully saturated rings. The molecule has 1 atom stereocenters. The monoisotopic (exact) mass is 480 g/mol. The fourth-order valence-corrected chi connectivity index (χ4v) is 5.27. The smallest absolute Gasteiger partial charge is 0.0496 e. The molecule has 0 saturated carbocycles. The van der Waals surface area contributed by atoms with E-state index in [1.54, 1.807) is 0 Å². The fraction of sp³-hybridized carbons (Fsp3) is 0.143. The Morgan fingerprint density at radius 2 is 1.16 bits per heavy atom. The number of fused-ring (bicyclic) bond motifs is 3. The highest BCUT2D eigenvalue weighted by atomic mass is 15.1. The van der Waals surface area contributed by atoms with Crippen molar-refractivity contribution >= 4 is 38.9 Å². The van der Waals surface area contributed by atoms with Gasteiger partial charge in [-0.05, 0) is 77.1 Å². The quantitative estimate of drug-likeness (QED) is 0.251. The molecule has 0 spiro atoms. The van der Waals surface area contributed by atoms with Gasteiger partial charge in [-0.25, -0.2) is 0 Å². The van der Waals surface area contributed by atoms with Crippen molar-refractivity contribution in [1.82, 2.24) is 4.98 Å². The van der Waals surface area contributed by atoms with Crippen LogP contribution in [0, 0.1) is 5.92 Å². The second-order valence-electron chi connectivity index (χ2n) is 10.2. The van der Waals surface area contributed by atoms with E-state index >= 15 is 0 Å². The first-order valence-electron chi connectivity index (χ1n) is 13.1. The largest absolute Gasteiger partial charge is 0.355 e. The van der Waals surface area contributed by atoms with E-state index in [2.05, 4.69) is 152 Å². The Morgan fingerprint density at radius 3 is 1.95 bits per heavy atom. The van der Waals surface area contributed by atoms with Gasteiger partial charge in [0.1, 0.15) is 0 Å². The van der Waals surface area contributed by atoms with Crippen LogP contribution in [0.15, 0.2) is 121 Å². The number of nitrogens with one attached hydrogen (secondary N) is 1. The van der Waals surface area contributed by atoms with Gasteiger partial charge in [-0.1, -0.05) is 93.6 Å². The number of anilines is 3. The number of aromatic nitrogens is 1. The lowest BCUT2D eigenvalue weighted by Gasteiger charge is -2.30. The van der Waals surface area contributed by atoms with Crippen molar-refractivity contribution in [2.75, 3.05) is 4.90 Å². The first kappa shape index (κ1) is 23.1. The zero-order valence-corrected chi connectivity index (χ0v) is 21.6. The maximum atomic E-state index is 3.53. The number of aromatic amines is 1. The van der Waals surface area contributed by atoms with Gasteiger partial charge in [0.25, 0.3) is 0 Å². The first-order valence-corrected chi connectivity index (χ1v) is 13.1. The number of para-hydroxylation sites is 3. The molecule has 182 valence electrons. The van der Waals surface area contributed by atoms with E-state index in [9.17, 15) is 0 Å². The van der Waals surface area contributed by atoms with Crippen LogP contribution in [0.1, 0.15) is 32.3 Å². The third-order valence-corrected chi connectivity index (χ3v) is 7.65. The highest BCUT2D eigenvalue weighted by molar-refractivity contribution is 6.08. The number of rotatable bonds is 6. The number of benzene rings is 5. The molecule has 1 N–H and O–H groups in total. The van der Waals surface area contributed by atoms with Crippen molar-refractivity contribution in [2.45, 2.75) is 26.7 Å². The van der Waals surface area contributed by atoms with E-state index in [1.807, 2.05) is 0 Å². The van der Waals surface area contributed by atoms with Crippen LogP contribution in [0.4, 0.5) is 17.1 Å². The average molecular weight is 481 g/mol. The van der Waals surface area contributed by atoms with Crippen LogP contribution < -0.4 is 4.90 Å². The zero-order chi connectivity index (χ0) is 25.4. The Bertz CT molecular complexity index is 1660. The van der Waals surface area contributed by atoms with Gasteiger partial charge in [0, 0.05) is 38.9 Å². The Hall–Kier alpha value is -4.30. The van der Waals surface area contributed by atoms with Gasteiger partial charge in [0.05, 0.1) is 0 Å². The van der Waals surface area contributed by atoms with Crippen molar-refractivity contribution in [3.8, 4) is 11.1 Å². The lowest BCUT2D eigenvalue weighted by molar-refractivity contribution is 0.535. The van der Waals surface area contributed by atoms with Gasteiger partial charge in [-0.15, -0.1) is 0 Å². The maximum absolute atomic E-state index is 3.53. The summed E-state index contributed by atoms with van der Waals surface area (Å²) in [7, 11) is 0. The summed E-state index contributed by atoms with van der Waals surface area (Å²) in [5.41, 5.74) is 9.73. The molecule has 0 saturated heterocycles. The fourth-order valence-electron chi connectivity index (χ4n) is 5.27. The number of nitrogens with zero attached hydrogens (tertiary/aromatic N) is 1. The summed E-state index contributed by atoms with van der Waals surface area (Å²) in [5.74, 6) is 1.00. The SMILES string of the molecule is CC(C)C(C)c1ccccc1N(c1ccccc1)c1ccc(-c2ccc3[nH]c4ccccc4c3c2)cc1. The molecule has 2 heteroatoms. The molecule has 5 aromatic carbocycles. The third-order valence-electron chi connectivity index (χ3n) is 7.65.